The molecule has 10 rings (SSSR count). The summed E-state index contributed by atoms with van der Waals surface area (Å²) < 4.78 is 11.1. The minimum atomic E-state index is -2.24. The number of rotatable bonds is 16. The van der Waals surface area contributed by atoms with Gasteiger partial charge in [0.1, 0.15) is 125 Å². The summed E-state index contributed by atoms with van der Waals surface area (Å²) in [4.78, 5) is 217. The van der Waals surface area contributed by atoms with E-state index >= 15 is 14.4 Å². The summed E-state index contributed by atoms with van der Waals surface area (Å²) in [5, 5.41) is 94.1. The number of fused-ring (bicyclic) bond motifs is 8. The molecule has 0 saturated heterocycles. The van der Waals surface area contributed by atoms with Crippen molar-refractivity contribution in [2.45, 2.75) is 198 Å². The van der Waals surface area contributed by atoms with E-state index < -0.39 is 202 Å². The van der Waals surface area contributed by atoms with Gasteiger partial charge in [0, 0.05) is 50.9 Å². The van der Waals surface area contributed by atoms with Gasteiger partial charge in [-0.15, -0.1) is 56.7 Å². The van der Waals surface area contributed by atoms with Gasteiger partial charge in [0.25, 0.3) is 29.5 Å². The first-order chi connectivity index (χ1) is 56.7. The van der Waals surface area contributed by atoms with E-state index in [1.54, 1.807) is 13.8 Å². The first kappa shape index (κ1) is 91.7. The van der Waals surface area contributed by atoms with Crippen molar-refractivity contribution in [2.24, 2.45) is 16.6 Å². The van der Waals surface area contributed by atoms with Crippen LogP contribution in [-0.4, -0.2) is 223 Å². The average Bonchev–Trinajstić information content (AvgIpc) is 1.46. The van der Waals surface area contributed by atoms with Gasteiger partial charge in [0.05, 0.1) is 66.0 Å². The number of thiazole rings is 5. The first-order valence-corrected chi connectivity index (χ1v) is 43.1. The highest BCUT2D eigenvalue weighted by atomic mass is 32.2. The number of nitrogens with two attached hydrogens (primary N) is 1. The number of pyridine rings is 1. The highest BCUT2D eigenvalue weighted by molar-refractivity contribution is 7.99. The number of nitrogens with one attached hydrogen (secondary N) is 11. The van der Waals surface area contributed by atoms with Crippen molar-refractivity contribution >= 4 is 163 Å². The maximum atomic E-state index is 15.5. The molecule has 0 radical (unpaired) electrons. The molecule has 4 unspecified atom stereocenters. The van der Waals surface area contributed by atoms with E-state index in [1.165, 1.54) is 114 Å². The van der Waals surface area contributed by atoms with Crippen LogP contribution >= 0.6 is 68.4 Å². The molecule has 4 aliphatic rings. The molecule has 0 fully saturated rings. The Morgan fingerprint density at radius 3 is 2.07 bits per heavy atom. The number of amides is 11. The van der Waals surface area contributed by atoms with E-state index in [4.69, 9.17) is 30.2 Å². The number of aliphatic hydroxyl groups is 5. The topological polar surface area (TPSA) is 590 Å². The molecule has 18 N–H and O–H groups in total. The molecule has 11 amide bonds. The Bertz CT molecular complexity index is 5090. The van der Waals surface area contributed by atoms with Crippen molar-refractivity contribution in [3.8, 4) is 0 Å². The predicted molar refractivity (Wildman–Crippen MR) is 440 cm³/mol. The Morgan fingerprint density at radius 1 is 0.750 bits per heavy atom. The number of aromatic nitrogens is 6. The minimum absolute atomic E-state index is 0.00506. The average molecular weight is 1770 g/mol. The third-order valence-electron chi connectivity index (χ3n) is 20.2. The number of ether oxygens (including phenoxy) is 2. The number of hydrogen-bond donors (Lipinski definition) is 17. The molecular weight excluding hydrogens is 1680 g/mol. The Morgan fingerprint density at radius 2 is 1.40 bits per heavy atom. The fraction of sp³-hybridized carbons (Fsp3) is 0.467. The van der Waals surface area contributed by atoms with Crippen LogP contribution in [0.2, 0.25) is 0 Å². The van der Waals surface area contributed by atoms with Gasteiger partial charge in [0.2, 0.25) is 35.4 Å². The molecular formula is C75H91N19O20S6. The third kappa shape index (κ3) is 20.7. The number of allylic oxidation sites excluding steroid dienone is 1. The molecule has 120 heavy (non-hydrogen) atoms. The number of carbonyl (C=O) groups is 13. The van der Waals surface area contributed by atoms with Gasteiger partial charge < -0.3 is 93.9 Å². The molecule has 0 saturated carbocycles. The summed E-state index contributed by atoms with van der Waals surface area (Å²) in [7, 11) is 1.12. The molecule has 13 bridgehead atoms. The minimum Gasteiger partial charge on any atom is -0.467 e. The predicted octanol–water partition coefficient (Wildman–Crippen LogP) is 1.12. The first-order valence-electron chi connectivity index (χ1n) is 37.5. The number of thioether (sulfide) groups is 1. The Kier molecular flexibility index (Phi) is 29.7. The number of hydrogen-bond acceptors (Lipinski definition) is 34. The Hall–Kier alpha value is -10.6. The Labute approximate surface area is 710 Å². The van der Waals surface area contributed by atoms with Crippen molar-refractivity contribution in [1.82, 2.24) is 88.4 Å². The second-order valence-corrected chi connectivity index (χ2v) is 34.5. The van der Waals surface area contributed by atoms with Crippen LogP contribution in [0.5, 0.6) is 0 Å². The molecule has 642 valence electrons. The Balaban J connectivity index is 1.16. The number of aliphatic hydroxyl groups excluding tert-OH is 4. The quantitative estimate of drug-likeness (QED) is 0.0477. The molecule has 18 atom stereocenters. The lowest BCUT2D eigenvalue weighted by Crippen LogP contribution is -2.57. The molecule has 6 aromatic heterocycles. The summed E-state index contributed by atoms with van der Waals surface area (Å²) in [6, 6.07) is -13.0. The molecule has 0 spiro atoms. The fourth-order valence-electron chi connectivity index (χ4n) is 12.9. The number of carbonyl (C=O) groups excluding carboxylic acids is 13. The summed E-state index contributed by atoms with van der Waals surface area (Å²) in [5.41, 5.74) is -0.622. The molecule has 45 heteroatoms. The van der Waals surface area contributed by atoms with Crippen LogP contribution in [0.25, 0.3) is 11.8 Å². The van der Waals surface area contributed by atoms with E-state index in [-0.39, 0.29) is 100 Å². The van der Waals surface area contributed by atoms with E-state index in [0.717, 1.165) is 75.6 Å². The van der Waals surface area contributed by atoms with Crippen molar-refractivity contribution in [3.63, 3.8) is 0 Å². The zero-order valence-corrected chi connectivity index (χ0v) is 71.6. The van der Waals surface area contributed by atoms with Crippen LogP contribution in [-0.2, 0) is 53.4 Å². The molecule has 3 aliphatic heterocycles. The van der Waals surface area contributed by atoms with Crippen molar-refractivity contribution in [1.29, 1.82) is 0 Å². The van der Waals surface area contributed by atoms with Crippen LogP contribution in [0.15, 0.2) is 62.4 Å². The van der Waals surface area contributed by atoms with Gasteiger partial charge in [-0.1, -0.05) is 45.1 Å². The summed E-state index contributed by atoms with van der Waals surface area (Å²) in [6.45, 7) is 19.1. The van der Waals surface area contributed by atoms with Crippen LogP contribution in [0, 0.1) is 5.92 Å². The highest BCUT2D eigenvalue weighted by Crippen LogP contribution is 2.48. The second kappa shape index (κ2) is 38.9. The molecule has 6 aromatic rings. The summed E-state index contributed by atoms with van der Waals surface area (Å²) in [5.74, 6) is -12.8. The lowest BCUT2D eigenvalue weighted by Gasteiger charge is -2.41. The molecule has 0 aromatic carbocycles. The zero-order valence-electron chi connectivity index (χ0n) is 66.7. The maximum Gasteiger partial charge on any atom is 0.357 e. The highest BCUT2D eigenvalue weighted by Gasteiger charge is 2.51. The summed E-state index contributed by atoms with van der Waals surface area (Å²) >= 11 is 5.22. The number of esters is 2. The maximum absolute atomic E-state index is 15.5. The standard InChI is InChI=1S/C75H91N19O20S6/c1-14-28(3)50-65(108)79-30(5)59(102)77-29(4)58(101)78-31(6)60(103)94-75-19-18-41(68-88-45(24-117-68)61(104)85-44(57(76)100)21-115-22-49(71(110)113-13)80-36(11)98)83-55(75)43-23-118-69(86-43)52(34(9)114-72(111)42-20-38(32(7)95)37-16-17-40(81-50)54(99)53(37)82-42)92-62(105)46-26-119-70(89-46)56(74(12,112)35(10)97)93-64(107)47-25-116-67(87-47)39(15-2)84-66(109)51(33(8)96)91-63(106)48-27-120-73(75)90-48/h15-17,20,23-28,30-35,40,44,49-52,54-56,81,95-97,99,112H,4,14,18-19,21-22H2,1-3,5-13H3,(H2,76,100)(H,77,102)(H,78,101)(H,79,108)(H,80,98)(H,84,109)(H,85,104)(H,91,106)(H,92,105)(H,93,107)(H,94,103)/b39-15-/t28-,30-,31-,32-,33+,34+,35+,40?,44?,49?,50-,51-,52-,54-,55+,56+,74+,75?/m0/s1. The number of cyclic esters (lactones) is 1. The molecule has 9 heterocycles. The smallest absolute Gasteiger partial charge is 0.357 e. The monoisotopic (exact) mass is 1770 g/mol. The lowest BCUT2D eigenvalue weighted by atomic mass is 9.80. The van der Waals surface area contributed by atoms with E-state index in [2.05, 4.69) is 85.0 Å². The second-order valence-electron chi connectivity index (χ2n) is 29.1. The number of primary amides is 1. The number of aliphatic imine (C=N–C) groups is 1. The summed E-state index contributed by atoms with van der Waals surface area (Å²) in [6.07, 6.45) is -3.34. The van der Waals surface area contributed by atoms with E-state index in [9.17, 15) is 73.5 Å². The zero-order chi connectivity index (χ0) is 87.8. The van der Waals surface area contributed by atoms with Gasteiger partial charge in [-0.25, -0.2) is 39.5 Å². The van der Waals surface area contributed by atoms with E-state index in [1.807, 2.05) is 0 Å². The van der Waals surface area contributed by atoms with Crippen molar-refractivity contribution in [2.75, 3.05) is 18.6 Å². The van der Waals surface area contributed by atoms with Gasteiger partial charge in [0.15, 0.2) is 0 Å². The third-order valence-corrected chi connectivity index (χ3v) is 26.0. The van der Waals surface area contributed by atoms with Crippen molar-refractivity contribution in [3.05, 3.63) is 133 Å². The van der Waals surface area contributed by atoms with E-state index in [0.29, 0.717) is 6.42 Å². The van der Waals surface area contributed by atoms with Gasteiger partial charge in [-0.05, 0) is 85.8 Å². The molecule has 39 nitrogen and oxygen atoms in total. The fourth-order valence-corrected chi connectivity index (χ4v) is 18.6. The molecule has 1 aliphatic carbocycles. The largest absolute Gasteiger partial charge is 0.467 e. The normalized spacial score (nSPS) is 25.4. The van der Waals surface area contributed by atoms with Crippen LogP contribution < -0.4 is 64.2 Å². The van der Waals surface area contributed by atoms with Gasteiger partial charge in [-0.2, -0.15) is 11.8 Å². The lowest BCUT2D eigenvalue weighted by molar-refractivity contribution is -0.144. The van der Waals surface area contributed by atoms with Crippen molar-refractivity contribution < 1.29 is 97.3 Å². The van der Waals surface area contributed by atoms with Crippen LogP contribution in [0.4, 0.5) is 0 Å². The van der Waals surface area contributed by atoms with Gasteiger partial charge in [-0.3, -0.25) is 63.0 Å². The number of methoxy groups -OCH3 is 1. The van der Waals surface area contributed by atoms with Crippen LogP contribution in [0.1, 0.15) is 226 Å². The number of nitrogens with zero attached hydrogens (tertiary/aromatic N) is 7. The van der Waals surface area contributed by atoms with Crippen LogP contribution in [0.3, 0.4) is 0 Å². The van der Waals surface area contributed by atoms with Gasteiger partial charge >= 0.3 is 11.9 Å². The SMILES string of the molecule is C=C1NC(=O)[C@H](C)NC(=O)[C@H]([C@@H](C)CC)NC2C=Cc3c([C@H](C)O)cc(nc3[C@H]2O)C(=O)O[C@H](C)[C@@H]2NC(=O)c3csc(n3)[C@H]([C@](C)(O)[C@@H](C)O)NC(=O)c3csc(n3)/C(=C/C)NC(=O)[C@H]([C@@H](C)O)NC(=O)c3csc(n3)C3(CCC(c4nc(C(=O)NC(CSCC(NC(C)=O)C(=O)OC)C(N)=O)cs4)=N[C@@H]3c3csc2n3)NC(=O)[C@H](C)NC1=O.